The molecule has 236 valence electrons. The van der Waals surface area contributed by atoms with Crippen molar-refractivity contribution in [2.45, 2.75) is 53.7 Å². The molecule has 0 atom stereocenters. The maximum atomic E-state index is 14.0. The van der Waals surface area contributed by atoms with Gasteiger partial charge in [0, 0.05) is 68.7 Å². The van der Waals surface area contributed by atoms with Crippen LogP contribution in [0.3, 0.4) is 0 Å². The molecule has 1 N–H and O–H groups in total. The summed E-state index contributed by atoms with van der Waals surface area (Å²) in [5, 5.41) is 8.58. The number of amides is 1. The summed E-state index contributed by atoms with van der Waals surface area (Å²) >= 11 is 0. The summed E-state index contributed by atoms with van der Waals surface area (Å²) in [6, 6.07) is 7.45. The van der Waals surface area contributed by atoms with Crippen LogP contribution in [-0.2, 0) is 49.6 Å². The van der Waals surface area contributed by atoms with Gasteiger partial charge in [-0.05, 0) is 60.6 Å². The Hall–Kier alpha value is -5.26. The number of fused-ring (bicyclic) bond motifs is 4. The summed E-state index contributed by atoms with van der Waals surface area (Å²) in [7, 11) is 3.54. The molecule has 12 nitrogen and oxygen atoms in total. The molecule has 1 aliphatic carbocycles. The topological polar surface area (TPSA) is 129 Å². The molecule has 12 heteroatoms. The van der Waals surface area contributed by atoms with E-state index in [1.165, 1.54) is 22.7 Å². The van der Waals surface area contributed by atoms with Gasteiger partial charge in [0.1, 0.15) is 29.6 Å². The number of carbonyl (C=O) groups excluding carboxylic acids is 2. The first-order valence-electron chi connectivity index (χ1n) is 15.3. The Labute approximate surface area is 265 Å². The third kappa shape index (κ3) is 4.93. The zero-order valence-corrected chi connectivity index (χ0v) is 26.8. The first-order valence-corrected chi connectivity index (χ1v) is 15.3. The van der Waals surface area contributed by atoms with Crippen LogP contribution in [-0.4, -0.2) is 47.3 Å². The van der Waals surface area contributed by atoms with Gasteiger partial charge in [-0.25, -0.2) is 9.97 Å². The van der Waals surface area contributed by atoms with Gasteiger partial charge >= 0.3 is 5.97 Å². The van der Waals surface area contributed by atoms with Crippen molar-refractivity contribution in [2.24, 2.45) is 19.5 Å². The monoisotopic (exact) mass is 620 g/mol. The SMILES string of the molecule is CC(=O)OCc1c(-c2cc(Nc3cc4c(C)nn(C)c4cn3)c(=O)n(C)c2)ccnc1N1CCn2c(cc3c2CC(C)(C)C3)C1=O. The number of rotatable bonds is 6. The van der Waals surface area contributed by atoms with Crippen LogP contribution in [0.2, 0.25) is 0 Å². The van der Waals surface area contributed by atoms with Crippen LogP contribution in [0, 0.1) is 12.3 Å². The van der Waals surface area contributed by atoms with Gasteiger partial charge in [0.15, 0.2) is 0 Å². The molecule has 1 amide bonds. The third-order valence-corrected chi connectivity index (χ3v) is 9.01. The molecule has 7 rings (SSSR count). The summed E-state index contributed by atoms with van der Waals surface area (Å²) in [6.07, 6.45) is 6.97. The minimum absolute atomic E-state index is 0.0899. The number of nitrogens with zero attached hydrogens (tertiary/aromatic N) is 7. The molecule has 2 aliphatic rings. The van der Waals surface area contributed by atoms with Gasteiger partial charge in [-0.3, -0.25) is 24.0 Å². The quantitative estimate of drug-likeness (QED) is 0.276. The Kier molecular flexibility index (Phi) is 6.84. The number of anilines is 3. The minimum atomic E-state index is -0.450. The molecule has 5 aromatic heterocycles. The second kappa shape index (κ2) is 10.7. The first-order chi connectivity index (χ1) is 21.9. The van der Waals surface area contributed by atoms with E-state index >= 15 is 0 Å². The standard InChI is InChI=1S/C34H36N8O4/c1-19-24-13-30(36-16-29(24)40(6)38-19)37-26-11-22(17-39(5)32(26)44)23-7-8-35-31(25(23)18-46-20(2)43)42-10-9-41-27(33(42)45)12-21-14-34(3,4)15-28(21)41/h7-8,11-13,16-17H,9-10,14-15,18H2,1-6H3,(H,36,37). The van der Waals surface area contributed by atoms with E-state index in [9.17, 15) is 14.4 Å². The maximum absolute atomic E-state index is 14.0. The smallest absolute Gasteiger partial charge is 0.302 e. The van der Waals surface area contributed by atoms with E-state index in [4.69, 9.17) is 4.74 Å². The molecule has 0 saturated carbocycles. The largest absolute Gasteiger partial charge is 0.461 e. The van der Waals surface area contributed by atoms with Crippen LogP contribution < -0.4 is 15.8 Å². The fourth-order valence-corrected chi connectivity index (χ4v) is 6.90. The number of aryl methyl sites for hydroxylation is 3. The van der Waals surface area contributed by atoms with E-state index < -0.39 is 5.97 Å². The van der Waals surface area contributed by atoms with Gasteiger partial charge in [0.2, 0.25) is 0 Å². The number of esters is 1. The highest BCUT2D eigenvalue weighted by atomic mass is 16.5. The summed E-state index contributed by atoms with van der Waals surface area (Å²) in [6.45, 7) is 8.77. The number of carbonyl (C=O) groups is 2. The zero-order chi connectivity index (χ0) is 32.5. The molecule has 0 spiro atoms. The van der Waals surface area contributed by atoms with Crippen LogP contribution in [0.5, 0.6) is 0 Å². The summed E-state index contributed by atoms with van der Waals surface area (Å²) in [5.41, 5.74) is 7.08. The van der Waals surface area contributed by atoms with Crippen LogP contribution in [0.25, 0.3) is 22.0 Å². The van der Waals surface area contributed by atoms with Crippen molar-refractivity contribution in [2.75, 3.05) is 16.8 Å². The van der Waals surface area contributed by atoms with Gasteiger partial charge in [-0.15, -0.1) is 0 Å². The van der Waals surface area contributed by atoms with Gasteiger partial charge in [0.25, 0.3) is 11.5 Å². The third-order valence-electron chi connectivity index (χ3n) is 9.01. The zero-order valence-electron chi connectivity index (χ0n) is 26.8. The van der Waals surface area contributed by atoms with Crippen LogP contribution >= 0.6 is 0 Å². The molecule has 0 aromatic carbocycles. The van der Waals surface area contributed by atoms with Crippen molar-refractivity contribution in [1.82, 2.24) is 28.9 Å². The van der Waals surface area contributed by atoms with Crippen molar-refractivity contribution < 1.29 is 14.3 Å². The Bertz CT molecular complexity index is 2140. The highest BCUT2D eigenvalue weighted by Crippen LogP contribution is 2.40. The van der Waals surface area contributed by atoms with E-state index in [0.29, 0.717) is 52.8 Å². The predicted molar refractivity (Wildman–Crippen MR) is 174 cm³/mol. The van der Waals surface area contributed by atoms with Crippen LogP contribution in [0.15, 0.2) is 47.7 Å². The lowest BCUT2D eigenvalue weighted by atomic mass is 9.90. The van der Waals surface area contributed by atoms with Crippen molar-refractivity contribution in [3.8, 4) is 11.1 Å². The summed E-state index contributed by atoms with van der Waals surface area (Å²) < 4.78 is 10.9. The molecule has 46 heavy (non-hydrogen) atoms. The van der Waals surface area contributed by atoms with Gasteiger partial charge in [-0.1, -0.05) is 13.8 Å². The maximum Gasteiger partial charge on any atom is 0.302 e. The molecule has 0 bridgehead atoms. The van der Waals surface area contributed by atoms with Gasteiger partial charge < -0.3 is 19.2 Å². The lowest BCUT2D eigenvalue weighted by Gasteiger charge is -2.31. The first kappa shape index (κ1) is 29.5. The van der Waals surface area contributed by atoms with Crippen LogP contribution in [0.4, 0.5) is 17.3 Å². The summed E-state index contributed by atoms with van der Waals surface area (Å²) in [5.74, 6) is 0.348. The molecular weight excluding hydrogens is 584 g/mol. The fourth-order valence-electron chi connectivity index (χ4n) is 6.90. The van der Waals surface area contributed by atoms with E-state index in [1.54, 1.807) is 41.3 Å². The van der Waals surface area contributed by atoms with E-state index in [-0.39, 0.29) is 23.5 Å². The fraction of sp³-hybridized carbons (Fsp3) is 0.353. The molecule has 0 unspecified atom stereocenters. The Morgan fingerprint density at radius 1 is 1.09 bits per heavy atom. The molecule has 0 fully saturated rings. The normalized spacial score (nSPS) is 15.3. The minimum Gasteiger partial charge on any atom is -0.461 e. The van der Waals surface area contributed by atoms with Crippen molar-refractivity contribution in [3.05, 3.63) is 81.4 Å². The molecular formula is C34H36N8O4. The Balaban J connectivity index is 1.28. The highest BCUT2D eigenvalue weighted by Gasteiger charge is 2.37. The predicted octanol–water partition coefficient (Wildman–Crippen LogP) is 4.43. The number of aromatic nitrogens is 6. The molecule has 1 aliphatic heterocycles. The number of pyridine rings is 3. The highest BCUT2D eigenvalue weighted by molar-refractivity contribution is 6.06. The lowest BCUT2D eigenvalue weighted by molar-refractivity contribution is -0.142. The second-order valence-corrected chi connectivity index (χ2v) is 13.0. The summed E-state index contributed by atoms with van der Waals surface area (Å²) in [4.78, 5) is 50.1. The lowest BCUT2D eigenvalue weighted by Crippen LogP contribution is -2.41. The average molecular weight is 621 g/mol. The van der Waals surface area contributed by atoms with E-state index in [2.05, 4.69) is 38.8 Å². The van der Waals surface area contributed by atoms with Gasteiger partial charge in [0.05, 0.1) is 17.4 Å². The van der Waals surface area contributed by atoms with Crippen LogP contribution in [0.1, 0.15) is 53.8 Å². The molecule has 5 aromatic rings. The molecule has 0 radical (unpaired) electrons. The number of hydrogen-bond acceptors (Lipinski definition) is 8. The van der Waals surface area contributed by atoms with Crippen molar-refractivity contribution in [3.63, 3.8) is 0 Å². The number of nitrogens with one attached hydrogen (secondary N) is 1. The molecule has 6 heterocycles. The van der Waals surface area contributed by atoms with Crippen molar-refractivity contribution in [1.29, 1.82) is 0 Å². The number of hydrogen-bond donors (Lipinski definition) is 1. The Morgan fingerprint density at radius 2 is 1.89 bits per heavy atom. The molecule has 0 saturated heterocycles. The second-order valence-electron chi connectivity index (χ2n) is 13.0. The Morgan fingerprint density at radius 3 is 2.67 bits per heavy atom. The average Bonchev–Trinajstić information content (AvgIpc) is 3.60. The van der Waals surface area contributed by atoms with Crippen molar-refractivity contribution >= 4 is 40.1 Å². The number of ether oxygens (including phenoxy) is 1. The van der Waals surface area contributed by atoms with E-state index in [0.717, 1.165) is 29.4 Å². The van der Waals surface area contributed by atoms with E-state index in [1.807, 2.05) is 32.2 Å². The van der Waals surface area contributed by atoms with Gasteiger partial charge in [-0.2, -0.15) is 5.10 Å².